The van der Waals surface area contributed by atoms with Crippen LogP contribution in [0.2, 0.25) is 5.02 Å². The maximum Gasteiger partial charge on any atom is 0.0697 e. The quantitative estimate of drug-likeness (QED) is 0.768. The van der Waals surface area contributed by atoms with Gasteiger partial charge in [-0.05, 0) is 17.5 Å². The van der Waals surface area contributed by atoms with Crippen molar-refractivity contribution in [2.24, 2.45) is 0 Å². The van der Waals surface area contributed by atoms with Gasteiger partial charge in [0.2, 0.25) is 0 Å². The van der Waals surface area contributed by atoms with Gasteiger partial charge in [-0.1, -0.05) is 25.4 Å². The molecule has 0 radical (unpaired) electrons. The van der Waals surface area contributed by atoms with E-state index in [2.05, 4.69) is 4.98 Å². The largest absolute Gasteiger partial charge is 0.392 e. The van der Waals surface area contributed by atoms with Crippen LogP contribution in [0.1, 0.15) is 31.0 Å². The second-order valence-electron chi connectivity index (χ2n) is 3.02. The van der Waals surface area contributed by atoms with Crippen LogP contribution in [0, 0.1) is 0 Å². The van der Waals surface area contributed by atoms with Gasteiger partial charge in [-0.25, -0.2) is 0 Å². The molecule has 0 aliphatic rings. The van der Waals surface area contributed by atoms with Crippen molar-refractivity contribution in [2.75, 3.05) is 0 Å². The highest BCUT2D eigenvalue weighted by atomic mass is 35.5. The molecule has 1 heterocycles. The van der Waals surface area contributed by atoms with Crippen LogP contribution in [0.3, 0.4) is 0 Å². The van der Waals surface area contributed by atoms with Gasteiger partial charge in [0.1, 0.15) is 0 Å². The van der Waals surface area contributed by atoms with E-state index in [9.17, 15) is 0 Å². The number of pyridine rings is 1. The van der Waals surface area contributed by atoms with Gasteiger partial charge in [0, 0.05) is 6.20 Å². The third-order valence-electron chi connectivity index (χ3n) is 1.66. The van der Waals surface area contributed by atoms with Gasteiger partial charge < -0.3 is 5.11 Å². The maximum absolute atomic E-state index is 8.79. The summed E-state index contributed by atoms with van der Waals surface area (Å²) in [4.78, 5) is 4.16. The molecule has 2 nitrogen and oxygen atoms in total. The molecule has 0 saturated carbocycles. The van der Waals surface area contributed by atoms with Crippen LogP contribution in [0.15, 0.2) is 12.3 Å². The van der Waals surface area contributed by atoms with Crippen molar-refractivity contribution in [1.82, 2.24) is 4.98 Å². The van der Waals surface area contributed by atoms with E-state index in [-0.39, 0.29) is 6.61 Å². The molecule has 1 rings (SSSR count). The molecular weight excluding hydrogens is 174 g/mol. The summed E-state index contributed by atoms with van der Waals surface area (Å²) in [6.45, 7) is 4.06. The van der Waals surface area contributed by atoms with Crippen molar-refractivity contribution in [3.8, 4) is 0 Å². The number of hydrogen-bond donors (Lipinski definition) is 1. The highest BCUT2D eigenvalue weighted by Gasteiger charge is 2.06. The Labute approximate surface area is 77.2 Å². The van der Waals surface area contributed by atoms with E-state index in [0.717, 1.165) is 11.3 Å². The summed E-state index contributed by atoms with van der Waals surface area (Å²) in [7, 11) is 0. The monoisotopic (exact) mass is 185 g/mol. The van der Waals surface area contributed by atoms with E-state index in [1.165, 1.54) is 0 Å². The zero-order valence-corrected chi connectivity index (χ0v) is 7.97. The lowest BCUT2D eigenvalue weighted by atomic mass is 10.1. The first-order valence-corrected chi connectivity index (χ1v) is 4.28. The molecule has 12 heavy (non-hydrogen) atoms. The zero-order valence-electron chi connectivity index (χ0n) is 7.21. The number of nitrogens with zero attached hydrogens (tertiary/aromatic N) is 1. The number of halogens is 1. The van der Waals surface area contributed by atoms with Crippen molar-refractivity contribution in [3.05, 3.63) is 28.5 Å². The molecule has 3 heteroatoms. The summed E-state index contributed by atoms with van der Waals surface area (Å²) < 4.78 is 0. The van der Waals surface area contributed by atoms with Gasteiger partial charge >= 0.3 is 0 Å². The molecule has 0 bridgehead atoms. The molecule has 0 atom stereocenters. The lowest BCUT2D eigenvalue weighted by molar-refractivity contribution is 0.281. The Hall–Kier alpha value is -0.600. The molecule has 1 aromatic rings. The lowest BCUT2D eigenvalue weighted by Crippen LogP contribution is -1.95. The molecule has 1 N–H and O–H groups in total. The number of rotatable bonds is 2. The van der Waals surface area contributed by atoms with E-state index in [1.54, 1.807) is 12.3 Å². The molecule has 0 amide bonds. The number of aliphatic hydroxyl groups excluding tert-OH is 1. The predicted octanol–water partition coefficient (Wildman–Crippen LogP) is 2.35. The van der Waals surface area contributed by atoms with Crippen molar-refractivity contribution in [1.29, 1.82) is 0 Å². The van der Waals surface area contributed by atoms with E-state index >= 15 is 0 Å². The predicted molar refractivity (Wildman–Crippen MR) is 49.3 cm³/mol. The number of aromatic nitrogens is 1. The molecule has 66 valence electrons. The van der Waals surface area contributed by atoms with Crippen LogP contribution in [-0.2, 0) is 6.61 Å². The minimum Gasteiger partial charge on any atom is -0.392 e. The van der Waals surface area contributed by atoms with Gasteiger partial charge in [-0.2, -0.15) is 0 Å². The van der Waals surface area contributed by atoms with E-state index in [0.29, 0.717) is 10.9 Å². The van der Waals surface area contributed by atoms with Crippen molar-refractivity contribution in [2.45, 2.75) is 26.4 Å². The van der Waals surface area contributed by atoms with Crippen LogP contribution in [0.4, 0.5) is 0 Å². The fourth-order valence-corrected chi connectivity index (χ4v) is 1.41. The van der Waals surface area contributed by atoms with Crippen LogP contribution in [0.5, 0.6) is 0 Å². The smallest absolute Gasteiger partial charge is 0.0697 e. The average Bonchev–Trinajstić information content (AvgIpc) is 2.03. The summed E-state index contributed by atoms with van der Waals surface area (Å²) in [6, 6.07) is 1.75. The van der Waals surface area contributed by atoms with Gasteiger partial charge in [-0.3, -0.25) is 4.98 Å². The summed E-state index contributed by atoms with van der Waals surface area (Å²) in [5.74, 6) is 0.324. The van der Waals surface area contributed by atoms with Gasteiger partial charge in [0.05, 0.1) is 17.3 Å². The summed E-state index contributed by atoms with van der Waals surface area (Å²) in [6.07, 6.45) is 1.65. The maximum atomic E-state index is 8.79. The van der Waals surface area contributed by atoms with Crippen molar-refractivity contribution in [3.63, 3.8) is 0 Å². The third kappa shape index (κ3) is 1.96. The fraction of sp³-hybridized carbons (Fsp3) is 0.444. The second kappa shape index (κ2) is 3.87. The zero-order chi connectivity index (χ0) is 9.14. The molecule has 0 aliphatic carbocycles. The number of hydrogen-bond acceptors (Lipinski definition) is 2. The molecule has 0 saturated heterocycles. The van der Waals surface area contributed by atoms with Gasteiger partial charge in [-0.15, -0.1) is 0 Å². The highest BCUT2D eigenvalue weighted by Crippen LogP contribution is 2.22. The number of aliphatic hydroxyl groups is 1. The molecule has 0 fully saturated rings. The van der Waals surface area contributed by atoms with Gasteiger partial charge in [0.15, 0.2) is 0 Å². The Morgan fingerprint density at radius 2 is 2.25 bits per heavy atom. The minimum absolute atomic E-state index is 0.00883. The van der Waals surface area contributed by atoms with Gasteiger partial charge in [0.25, 0.3) is 0 Å². The standard InChI is InChI=1S/C9H12ClNO/c1-6(2)9-8(10)3-7(5-12)4-11-9/h3-4,6,12H,5H2,1-2H3. The van der Waals surface area contributed by atoms with Crippen LogP contribution < -0.4 is 0 Å². The first-order chi connectivity index (χ1) is 5.65. The Kier molecular flexibility index (Phi) is 3.06. The normalized spacial score (nSPS) is 10.8. The molecular formula is C9H12ClNO. The first kappa shape index (κ1) is 9.49. The van der Waals surface area contributed by atoms with E-state index < -0.39 is 0 Å². The van der Waals surface area contributed by atoms with Crippen LogP contribution in [-0.4, -0.2) is 10.1 Å². The Balaban J connectivity index is 3.03. The second-order valence-corrected chi connectivity index (χ2v) is 3.43. The molecule has 1 aromatic heterocycles. The molecule has 0 spiro atoms. The summed E-state index contributed by atoms with van der Waals surface area (Å²) in [5.41, 5.74) is 1.64. The Morgan fingerprint density at radius 3 is 2.67 bits per heavy atom. The average molecular weight is 186 g/mol. The first-order valence-electron chi connectivity index (χ1n) is 3.90. The van der Waals surface area contributed by atoms with E-state index in [1.807, 2.05) is 13.8 Å². The molecule has 0 aliphatic heterocycles. The third-order valence-corrected chi connectivity index (χ3v) is 1.96. The fourth-order valence-electron chi connectivity index (χ4n) is 0.999. The highest BCUT2D eigenvalue weighted by molar-refractivity contribution is 6.31. The lowest BCUT2D eigenvalue weighted by Gasteiger charge is -2.07. The summed E-state index contributed by atoms with van der Waals surface area (Å²) in [5, 5.41) is 9.43. The SMILES string of the molecule is CC(C)c1ncc(CO)cc1Cl. The minimum atomic E-state index is -0.00883. The Bertz CT molecular complexity index is 273. The topological polar surface area (TPSA) is 33.1 Å². The summed E-state index contributed by atoms with van der Waals surface area (Å²) >= 11 is 5.93. The van der Waals surface area contributed by atoms with Crippen molar-refractivity contribution >= 4 is 11.6 Å². The van der Waals surface area contributed by atoms with Crippen molar-refractivity contribution < 1.29 is 5.11 Å². The molecule has 0 unspecified atom stereocenters. The van der Waals surface area contributed by atoms with Crippen LogP contribution in [0.25, 0.3) is 0 Å². The van der Waals surface area contributed by atoms with E-state index in [4.69, 9.17) is 16.7 Å². The molecule has 0 aromatic carbocycles. The van der Waals surface area contributed by atoms with Crippen LogP contribution >= 0.6 is 11.6 Å². The Morgan fingerprint density at radius 1 is 1.58 bits per heavy atom.